The zero-order chi connectivity index (χ0) is 10.5. The maximum Gasteiger partial charge on any atom is 0.251 e. The van der Waals surface area contributed by atoms with E-state index in [0.29, 0.717) is 0 Å². The van der Waals surface area contributed by atoms with E-state index in [1.807, 2.05) is 0 Å². The highest BCUT2D eigenvalue weighted by Gasteiger charge is 2.34. The summed E-state index contributed by atoms with van der Waals surface area (Å²) < 4.78 is 36.3. The molecule has 0 aliphatic rings. The van der Waals surface area contributed by atoms with Crippen LogP contribution in [0.3, 0.4) is 0 Å². The number of alkyl halides is 2. The predicted molar refractivity (Wildman–Crippen MR) is 48.5 cm³/mol. The molecule has 0 saturated heterocycles. The molecule has 0 aromatic heterocycles. The Balaban J connectivity index is 3.92. The van der Waals surface area contributed by atoms with Gasteiger partial charge in [-0.1, -0.05) is 6.92 Å². The van der Waals surface area contributed by atoms with Crippen LogP contribution in [0.25, 0.3) is 0 Å². The first-order chi connectivity index (χ1) is 5.90. The van der Waals surface area contributed by atoms with E-state index in [2.05, 4.69) is 0 Å². The van der Waals surface area contributed by atoms with Crippen LogP contribution in [0.15, 0.2) is 0 Å². The van der Waals surface area contributed by atoms with Crippen LogP contribution in [0.5, 0.6) is 0 Å². The SMILES string of the molecule is CC(CC[PH](=O)O)C(F)(F)CCN. The van der Waals surface area contributed by atoms with Gasteiger partial charge < -0.3 is 10.6 Å². The molecule has 0 radical (unpaired) electrons. The molecule has 6 heteroatoms. The molecule has 2 atom stereocenters. The summed E-state index contributed by atoms with van der Waals surface area (Å²) in [4.78, 5) is 8.47. The molecule has 3 nitrogen and oxygen atoms in total. The van der Waals surface area contributed by atoms with Gasteiger partial charge in [0.05, 0.1) is 0 Å². The normalized spacial score (nSPS) is 17.0. The van der Waals surface area contributed by atoms with Crippen molar-refractivity contribution in [1.82, 2.24) is 0 Å². The second-order valence-electron chi connectivity index (χ2n) is 3.13. The minimum atomic E-state index is -2.81. The van der Waals surface area contributed by atoms with Crippen molar-refractivity contribution in [2.45, 2.75) is 25.7 Å². The quantitative estimate of drug-likeness (QED) is 0.659. The van der Waals surface area contributed by atoms with Gasteiger partial charge in [0.2, 0.25) is 0 Å². The molecule has 0 heterocycles. The Kier molecular flexibility index (Phi) is 5.68. The lowest BCUT2D eigenvalue weighted by Crippen LogP contribution is -2.29. The zero-order valence-corrected chi connectivity index (χ0v) is 8.59. The Labute approximate surface area is 77.2 Å². The highest BCUT2D eigenvalue weighted by molar-refractivity contribution is 7.37. The van der Waals surface area contributed by atoms with Crippen molar-refractivity contribution in [1.29, 1.82) is 0 Å². The second kappa shape index (κ2) is 5.68. The van der Waals surface area contributed by atoms with E-state index in [0.717, 1.165) is 0 Å². The van der Waals surface area contributed by atoms with Gasteiger partial charge >= 0.3 is 0 Å². The molecule has 0 aliphatic heterocycles. The van der Waals surface area contributed by atoms with E-state index in [4.69, 9.17) is 10.6 Å². The van der Waals surface area contributed by atoms with Crippen LogP contribution in [0.1, 0.15) is 19.8 Å². The molecule has 0 spiro atoms. The fourth-order valence-corrected chi connectivity index (χ4v) is 1.67. The number of rotatable bonds is 6. The lowest BCUT2D eigenvalue weighted by atomic mass is 9.98. The van der Waals surface area contributed by atoms with E-state index in [1.54, 1.807) is 0 Å². The third kappa shape index (κ3) is 5.34. The van der Waals surface area contributed by atoms with E-state index < -0.39 is 19.9 Å². The first kappa shape index (κ1) is 13.0. The number of hydrogen-bond acceptors (Lipinski definition) is 2. The van der Waals surface area contributed by atoms with Gasteiger partial charge in [-0.2, -0.15) is 0 Å². The summed E-state index contributed by atoms with van der Waals surface area (Å²) in [6.45, 7) is 1.31. The van der Waals surface area contributed by atoms with Crippen LogP contribution < -0.4 is 5.73 Å². The molecule has 0 bridgehead atoms. The summed E-state index contributed by atoms with van der Waals surface area (Å²) in [6.07, 6.45) is -0.326. The maximum absolute atomic E-state index is 13.0. The van der Waals surface area contributed by atoms with E-state index in [1.165, 1.54) is 6.92 Å². The van der Waals surface area contributed by atoms with Crippen LogP contribution in [0.4, 0.5) is 8.78 Å². The van der Waals surface area contributed by atoms with Gasteiger partial charge in [-0.3, -0.25) is 4.57 Å². The van der Waals surface area contributed by atoms with Crippen molar-refractivity contribution >= 4 is 8.03 Å². The second-order valence-corrected chi connectivity index (χ2v) is 4.42. The fraction of sp³-hybridized carbons (Fsp3) is 1.00. The van der Waals surface area contributed by atoms with Crippen LogP contribution in [0, 0.1) is 5.92 Å². The Bertz CT molecular complexity index is 178. The van der Waals surface area contributed by atoms with Crippen molar-refractivity contribution in [3.8, 4) is 0 Å². The molecular formula is C7H16F2NO2P. The largest absolute Gasteiger partial charge is 0.346 e. The fourth-order valence-electron chi connectivity index (χ4n) is 0.990. The summed E-state index contributed by atoms with van der Waals surface area (Å²) in [5.41, 5.74) is 5.02. The van der Waals surface area contributed by atoms with Crippen molar-refractivity contribution in [2.24, 2.45) is 11.7 Å². The first-order valence-corrected chi connectivity index (χ1v) is 5.76. The Morgan fingerprint density at radius 1 is 1.62 bits per heavy atom. The van der Waals surface area contributed by atoms with Crippen molar-refractivity contribution in [3.63, 3.8) is 0 Å². The van der Waals surface area contributed by atoms with E-state index in [-0.39, 0.29) is 25.5 Å². The molecule has 80 valence electrons. The standard InChI is InChI=1S/C7H16F2NO2P/c1-6(2-5-13(11)12)7(8,9)3-4-10/h6,13H,2-5,10H2,1H3,(H,11,12). The zero-order valence-electron chi connectivity index (χ0n) is 7.59. The maximum atomic E-state index is 13.0. The molecule has 2 unspecified atom stereocenters. The molecule has 13 heavy (non-hydrogen) atoms. The Morgan fingerprint density at radius 3 is 2.54 bits per heavy atom. The number of nitrogens with two attached hydrogens (primary N) is 1. The molecule has 0 aromatic carbocycles. The van der Waals surface area contributed by atoms with Crippen molar-refractivity contribution in [3.05, 3.63) is 0 Å². The summed E-state index contributed by atoms with van der Waals surface area (Å²) in [7, 11) is -2.62. The number of halogens is 2. The van der Waals surface area contributed by atoms with Crippen molar-refractivity contribution < 1.29 is 18.2 Å². The molecule has 0 rings (SSSR count). The average molecular weight is 215 g/mol. The van der Waals surface area contributed by atoms with Gasteiger partial charge in [-0.15, -0.1) is 0 Å². The minimum Gasteiger partial charge on any atom is -0.346 e. The average Bonchev–Trinajstić information content (AvgIpc) is 1.99. The third-order valence-corrected chi connectivity index (χ3v) is 2.71. The Morgan fingerprint density at radius 2 is 2.15 bits per heavy atom. The van der Waals surface area contributed by atoms with Gasteiger partial charge in [0.1, 0.15) is 0 Å². The third-order valence-electron chi connectivity index (χ3n) is 1.99. The van der Waals surface area contributed by atoms with Gasteiger partial charge in [0.25, 0.3) is 5.92 Å². The summed E-state index contributed by atoms with van der Waals surface area (Å²) in [5.74, 6) is -3.69. The highest BCUT2D eigenvalue weighted by atomic mass is 31.1. The van der Waals surface area contributed by atoms with E-state index in [9.17, 15) is 13.3 Å². The highest BCUT2D eigenvalue weighted by Crippen LogP contribution is 2.32. The topological polar surface area (TPSA) is 63.3 Å². The van der Waals surface area contributed by atoms with Gasteiger partial charge in [-0.25, -0.2) is 8.78 Å². The van der Waals surface area contributed by atoms with Crippen LogP contribution >= 0.6 is 8.03 Å². The molecule has 0 fully saturated rings. The smallest absolute Gasteiger partial charge is 0.251 e. The molecular weight excluding hydrogens is 199 g/mol. The van der Waals surface area contributed by atoms with Crippen LogP contribution in [-0.2, 0) is 4.57 Å². The monoisotopic (exact) mass is 215 g/mol. The Hall–Kier alpha value is 0.01000. The van der Waals surface area contributed by atoms with Crippen molar-refractivity contribution in [2.75, 3.05) is 12.7 Å². The molecule has 0 aliphatic carbocycles. The van der Waals surface area contributed by atoms with Gasteiger partial charge in [-0.05, 0) is 13.0 Å². The first-order valence-electron chi connectivity index (χ1n) is 4.20. The predicted octanol–water partition coefficient (Wildman–Crippen LogP) is 1.46. The van der Waals surface area contributed by atoms with Gasteiger partial charge in [0, 0.05) is 18.5 Å². The lowest BCUT2D eigenvalue weighted by molar-refractivity contribution is -0.0573. The number of hydrogen-bond donors (Lipinski definition) is 2. The van der Waals surface area contributed by atoms with Gasteiger partial charge in [0.15, 0.2) is 8.03 Å². The summed E-state index contributed by atoms with van der Waals surface area (Å²) >= 11 is 0. The van der Waals surface area contributed by atoms with Crippen LogP contribution in [-0.4, -0.2) is 23.5 Å². The molecule has 0 amide bonds. The lowest BCUT2D eigenvalue weighted by Gasteiger charge is -2.22. The summed E-state index contributed by atoms with van der Waals surface area (Å²) in [5, 5.41) is 0. The minimum absolute atomic E-state index is 0.0357. The van der Waals surface area contributed by atoms with E-state index >= 15 is 0 Å². The molecule has 0 saturated carbocycles. The summed E-state index contributed by atoms with van der Waals surface area (Å²) in [6, 6.07) is 0. The molecule has 3 N–H and O–H groups in total. The van der Waals surface area contributed by atoms with Crippen LogP contribution in [0.2, 0.25) is 0 Å². The molecule has 0 aromatic rings.